The Morgan fingerprint density at radius 2 is 0.867 bits per heavy atom. The number of carbonyl (C=O) groups excluding carboxylic acids is 3. The Balaban J connectivity index is 1.99. The minimum atomic E-state index is -0.817. The minimum Gasteiger partial charge on any atom is -0.428 e. The fourth-order valence-electron chi connectivity index (χ4n) is 2.25. The molecule has 0 amide bonds. The Labute approximate surface area is 175 Å². The molecule has 2 aromatic rings. The van der Waals surface area contributed by atoms with Gasteiger partial charge < -0.3 is 18.9 Å². The van der Waals surface area contributed by atoms with Crippen molar-refractivity contribution in [2.75, 3.05) is 0 Å². The maximum atomic E-state index is 12.6. The summed E-state index contributed by atoms with van der Waals surface area (Å²) < 4.78 is 20.3. The van der Waals surface area contributed by atoms with E-state index < -0.39 is 23.5 Å². The first-order valence-electron chi connectivity index (χ1n) is 9.39. The molecule has 0 aliphatic rings. The van der Waals surface area contributed by atoms with E-state index in [4.69, 9.17) is 18.9 Å². The lowest BCUT2D eigenvalue weighted by Gasteiger charge is -2.18. The maximum Gasteiger partial charge on any atom is 0.514 e. The van der Waals surface area contributed by atoms with Gasteiger partial charge in [0.25, 0.3) is 0 Å². The molecule has 0 saturated heterocycles. The number of hydrogen-bond donors (Lipinski definition) is 0. The molecule has 0 aliphatic heterocycles. The molecule has 0 unspecified atom stereocenters. The van der Waals surface area contributed by atoms with E-state index in [1.54, 1.807) is 65.8 Å². The predicted octanol–water partition coefficient (Wildman–Crippen LogP) is 5.55. The summed E-state index contributed by atoms with van der Waals surface area (Å²) in [4.78, 5) is 36.0. The van der Waals surface area contributed by atoms with Crippen LogP contribution < -0.4 is 9.47 Å². The quantitative estimate of drug-likeness (QED) is 0.368. The molecule has 160 valence electrons. The Morgan fingerprint density at radius 3 is 1.13 bits per heavy atom. The van der Waals surface area contributed by atoms with Crippen LogP contribution >= 0.6 is 0 Å². The highest BCUT2D eigenvalue weighted by atomic mass is 16.7. The number of carbonyl (C=O) groups is 3. The monoisotopic (exact) mass is 414 g/mol. The van der Waals surface area contributed by atoms with Crippen molar-refractivity contribution < 1.29 is 33.3 Å². The normalized spacial score (nSPS) is 11.4. The van der Waals surface area contributed by atoms with Crippen molar-refractivity contribution in [3.63, 3.8) is 0 Å². The molecule has 0 saturated carbocycles. The van der Waals surface area contributed by atoms with Gasteiger partial charge in [-0.05, 0) is 90.1 Å². The van der Waals surface area contributed by atoms with E-state index in [0.29, 0.717) is 11.1 Å². The standard InChI is InChI=1S/C23H26O7/c1-22(2,3)29-20(25)27-17-11-7-15(8-12-17)19(24)16-9-13-18(14-10-16)28-21(26)30-23(4,5)6/h7-14H,1-6H3. The number of rotatable bonds is 4. The number of hydrogen-bond acceptors (Lipinski definition) is 7. The van der Waals surface area contributed by atoms with Gasteiger partial charge in [-0.2, -0.15) is 0 Å². The molecule has 2 aromatic carbocycles. The van der Waals surface area contributed by atoms with E-state index >= 15 is 0 Å². The molecule has 0 spiro atoms. The van der Waals surface area contributed by atoms with E-state index in [9.17, 15) is 14.4 Å². The van der Waals surface area contributed by atoms with Gasteiger partial charge in [0.15, 0.2) is 5.78 Å². The SMILES string of the molecule is CC(C)(C)OC(=O)Oc1ccc(C(=O)c2ccc(OC(=O)OC(C)(C)C)cc2)cc1. The molecule has 0 heterocycles. The minimum absolute atomic E-state index is 0.234. The lowest BCUT2D eigenvalue weighted by molar-refractivity contribution is 0.0193. The molecule has 0 radical (unpaired) electrons. The van der Waals surface area contributed by atoms with Crippen molar-refractivity contribution in [3.05, 3.63) is 59.7 Å². The summed E-state index contributed by atoms with van der Waals surface area (Å²) in [5.41, 5.74) is -0.502. The average Bonchev–Trinajstić information content (AvgIpc) is 2.59. The first-order chi connectivity index (χ1) is 13.8. The zero-order valence-electron chi connectivity index (χ0n) is 18.0. The van der Waals surface area contributed by atoms with Crippen LogP contribution in [0.1, 0.15) is 57.5 Å². The topological polar surface area (TPSA) is 88.1 Å². The molecule has 0 fully saturated rings. The highest BCUT2D eigenvalue weighted by Gasteiger charge is 2.19. The van der Waals surface area contributed by atoms with Crippen molar-refractivity contribution in [2.45, 2.75) is 52.7 Å². The van der Waals surface area contributed by atoms with Gasteiger partial charge in [0.1, 0.15) is 22.7 Å². The molecule has 2 rings (SSSR count). The number of ether oxygens (including phenoxy) is 4. The van der Waals surface area contributed by atoms with E-state index in [-0.39, 0.29) is 17.3 Å². The Hall–Kier alpha value is -3.35. The zero-order valence-corrected chi connectivity index (χ0v) is 18.0. The molecule has 7 heteroatoms. The number of ketones is 1. The van der Waals surface area contributed by atoms with Gasteiger partial charge in [-0.25, -0.2) is 9.59 Å². The summed E-state index contributed by atoms with van der Waals surface area (Å²) in [5.74, 6) is 0.298. The van der Waals surface area contributed by atoms with Gasteiger partial charge in [0.05, 0.1) is 0 Å². The summed E-state index contributed by atoms with van der Waals surface area (Å²) in [6.45, 7) is 10.4. The maximum absolute atomic E-state index is 12.6. The highest BCUT2D eigenvalue weighted by molar-refractivity contribution is 6.09. The fourth-order valence-corrected chi connectivity index (χ4v) is 2.25. The second kappa shape index (κ2) is 8.98. The van der Waals surface area contributed by atoms with Crippen LogP contribution in [0.4, 0.5) is 9.59 Å². The Bertz CT molecular complexity index is 823. The van der Waals surface area contributed by atoms with Crippen LogP contribution in [-0.4, -0.2) is 29.3 Å². The molecule has 0 bridgehead atoms. The van der Waals surface area contributed by atoms with Crippen molar-refractivity contribution in [2.24, 2.45) is 0 Å². The second-order valence-corrected chi connectivity index (χ2v) is 8.51. The van der Waals surface area contributed by atoms with Crippen LogP contribution in [0.2, 0.25) is 0 Å². The van der Waals surface area contributed by atoms with E-state index in [0.717, 1.165) is 0 Å². The average molecular weight is 414 g/mol. The Morgan fingerprint density at radius 1 is 0.567 bits per heavy atom. The molecule has 0 atom stereocenters. The third-order valence-corrected chi connectivity index (χ3v) is 3.41. The lowest BCUT2D eigenvalue weighted by atomic mass is 10.0. The predicted molar refractivity (Wildman–Crippen MR) is 110 cm³/mol. The third kappa shape index (κ3) is 7.58. The summed E-state index contributed by atoms with van der Waals surface area (Å²) in [7, 11) is 0. The molecule has 0 aromatic heterocycles. The summed E-state index contributed by atoms with van der Waals surface area (Å²) in [5, 5.41) is 0. The highest BCUT2D eigenvalue weighted by Crippen LogP contribution is 2.20. The summed E-state index contributed by atoms with van der Waals surface area (Å²) in [6.07, 6.45) is -1.63. The first-order valence-corrected chi connectivity index (χ1v) is 9.39. The van der Waals surface area contributed by atoms with Gasteiger partial charge in [-0.3, -0.25) is 4.79 Å². The first kappa shape index (κ1) is 22.9. The van der Waals surface area contributed by atoms with E-state index in [1.165, 1.54) is 24.3 Å². The van der Waals surface area contributed by atoms with Gasteiger partial charge in [0.2, 0.25) is 0 Å². The van der Waals surface area contributed by atoms with Crippen molar-refractivity contribution in [1.29, 1.82) is 0 Å². The van der Waals surface area contributed by atoms with Gasteiger partial charge in [-0.1, -0.05) is 0 Å². The zero-order chi connectivity index (χ0) is 22.5. The molecule has 7 nitrogen and oxygen atoms in total. The van der Waals surface area contributed by atoms with Crippen molar-refractivity contribution in [1.82, 2.24) is 0 Å². The summed E-state index contributed by atoms with van der Waals surface area (Å²) >= 11 is 0. The lowest BCUT2D eigenvalue weighted by Crippen LogP contribution is -2.26. The molecule has 0 aliphatic carbocycles. The van der Waals surface area contributed by atoms with Crippen molar-refractivity contribution >= 4 is 18.1 Å². The van der Waals surface area contributed by atoms with Gasteiger partial charge in [0, 0.05) is 11.1 Å². The molecular weight excluding hydrogens is 388 g/mol. The van der Waals surface area contributed by atoms with Gasteiger partial charge >= 0.3 is 12.3 Å². The fraction of sp³-hybridized carbons (Fsp3) is 0.348. The van der Waals surface area contributed by atoms with E-state index in [2.05, 4.69) is 0 Å². The van der Waals surface area contributed by atoms with Crippen LogP contribution in [0.5, 0.6) is 11.5 Å². The van der Waals surface area contributed by atoms with Crippen LogP contribution in [-0.2, 0) is 9.47 Å². The molecule has 30 heavy (non-hydrogen) atoms. The van der Waals surface area contributed by atoms with Crippen LogP contribution in [0.15, 0.2) is 48.5 Å². The van der Waals surface area contributed by atoms with E-state index in [1.807, 2.05) is 0 Å². The van der Waals surface area contributed by atoms with Crippen molar-refractivity contribution in [3.8, 4) is 11.5 Å². The van der Waals surface area contributed by atoms with Gasteiger partial charge in [-0.15, -0.1) is 0 Å². The second-order valence-electron chi connectivity index (χ2n) is 8.51. The van der Waals surface area contributed by atoms with Crippen LogP contribution in [0.25, 0.3) is 0 Å². The number of benzene rings is 2. The summed E-state index contributed by atoms with van der Waals surface area (Å²) in [6, 6.07) is 12.2. The largest absolute Gasteiger partial charge is 0.514 e. The van der Waals surface area contributed by atoms with Crippen LogP contribution in [0.3, 0.4) is 0 Å². The third-order valence-electron chi connectivity index (χ3n) is 3.41. The smallest absolute Gasteiger partial charge is 0.428 e. The van der Waals surface area contributed by atoms with Crippen LogP contribution in [0, 0.1) is 0 Å². The Kier molecular flexibility index (Phi) is 6.87. The molecular formula is C23H26O7. The molecule has 0 N–H and O–H groups in total.